The number of carbonyl (C=O) groups excluding carboxylic acids is 1. The fourth-order valence-electron chi connectivity index (χ4n) is 2.68. The molecule has 1 saturated carbocycles. The normalized spacial score (nSPS) is 19.5. The van der Waals surface area contributed by atoms with E-state index in [1.165, 1.54) is 11.8 Å². The molecule has 1 heterocycles. The summed E-state index contributed by atoms with van der Waals surface area (Å²) in [5.74, 6) is 0.569. The molecule has 2 amide bonds. The molecule has 1 aliphatic carbocycles. The number of aromatic nitrogens is 1. The smallest absolute Gasteiger partial charge is 0.315 e. The fraction of sp³-hybridized carbons (Fsp3) is 0.368. The Hall–Kier alpha value is -2.70. The maximum Gasteiger partial charge on any atom is 0.315 e. The molecule has 1 unspecified atom stereocenters. The molecule has 3 atom stereocenters. The summed E-state index contributed by atoms with van der Waals surface area (Å²) in [6.07, 6.45) is 0.767. The summed E-state index contributed by atoms with van der Waals surface area (Å²) < 4.78 is 30.0. The number of nitrogens with one attached hydrogen (secondary N) is 2. The standard InChI is InChI=1S/C19H21F2N3O2/c20-10-15(21)12-26-18-8-13(6-7-22-18)11-23-19(25)24-17-9-16(17)14-4-2-1-3-5-14/h1-8,15-17H,9-12H2,(H2,23,24,25)/t15?,16-,17+/m0/s1. The number of rotatable bonds is 8. The first-order valence-corrected chi connectivity index (χ1v) is 8.53. The van der Waals surface area contributed by atoms with E-state index in [9.17, 15) is 13.6 Å². The second-order valence-electron chi connectivity index (χ2n) is 6.25. The molecule has 0 saturated heterocycles. The van der Waals surface area contributed by atoms with Crippen molar-refractivity contribution in [1.82, 2.24) is 15.6 Å². The maximum atomic E-state index is 12.9. The lowest BCUT2D eigenvalue weighted by Gasteiger charge is -2.10. The van der Waals surface area contributed by atoms with Crippen molar-refractivity contribution in [3.8, 4) is 5.88 Å². The summed E-state index contributed by atoms with van der Waals surface area (Å²) in [7, 11) is 0. The van der Waals surface area contributed by atoms with Gasteiger partial charge >= 0.3 is 6.03 Å². The summed E-state index contributed by atoms with van der Waals surface area (Å²) in [5.41, 5.74) is 1.99. The summed E-state index contributed by atoms with van der Waals surface area (Å²) in [5, 5.41) is 5.72. The molecule has 3 rings (SSSR count). The highest BCUT2D eigenvalue weighted by molar-refractivity contribution is 5.74. The number of amides is 2. The molecule has 0 bridgehead atoms. The zero-order valence-corrected chi connectivity index (χ0v) is 14.2. The zero-order valence-electron chi connectivity index (χ0n) is 14.2. The van der Waals surface area contributed by atoms with E-state index in [-0.39, 0.29) is 31.1 Å². The molecule has 26 heavy (non-hydrogen) atoms. The Bertz CT molecular complexity index is 730. The molecule has 5 nitrogen and oxygen atoms in total. The maximum absolute atomic E-state index is 12.9. The SMILES string of the molecule is O=C(NCc1ccnc(OCC(F)CF)c1)N[C@@H]1C[C@H]1c1ccccc1. The largest absolute Gasteiger partial charge is 0.474 e. The average Bonchev–Trinajstić information content (AvgIpc) is 3.44. The van der Waals surface area contributed by atoms with Crippen LogP contribution in [0.25, 0.3) is 0 Å². The molecule has 2 N–H and O–H groups in total. The van der Waals surface area contributed by atoms with Crippen molar-refractivity contribution in [2.75, 3.05) is 13.3 Å². The van der Waals surface area contributed by atoms with Crippen LogP contribution in [0.5, 0.6) is 5.88 Å². The highest BCUT2D eigenvalue weighted by Crippen LogP contribution is 2.40. The van der Waals surface area contributed by atoms with Crippen molar-refractivity contribution >= 4 is 6.03 Å². The van der Waals surface area contributed by atoms with Gasteiger partial charge in [-0.1, -0.05) is 30.3 Å². The van der Waals surface area contributed by atoms with Crippen molar-refractivity contribution in [1.29, 1.82) is 0 Å². The van der Waals surface area contributed by atoms with Crippen LogP contribution in [0, 0.1) is 0 Å². The van der Waals surface area contributed by atoms with E-state index in [4.69, 9.17) is 4.74 Å². The molecule has 0 radical (unpaired) electrons. The molecular weight excluding hydrogens is 340 g/mol. The van der Waals surface area contributed by atoms with Crippen LogP contribution >= 0.6 is 0 Å². The number of urea groups is 1. The number of ether oxygens (including phenoxy) is 1. The van der Waals surface area contributed by atoms with E-state index < -0.39 is 12.8 Å². The van der Waals surface area contributed by atoms with E-state index in [2.05, 4.69) is 27.8 Å². The van der Waals surface area contributed by atoms with Crippen molar-refractivity contribution in [2.24, 2.45) is 0 Å². The summed E-state index contributed by atoms with van der Waals surface area (Å²) in [6, 6.07) is 13.3. The quantitative estimate of drug-likeness (QED) is 0.759. The minimum Gasteiger partial charge on any atom is -0.474 e. The topological polar surface area (TPSA) is 63.2 Å². The van der Waals surface area contributed by atoms with Crippen molar-refractivity contribution < 1.29 is 18.3 Å². The third-order valence-electron chi connectivity index (χ3n) is 4.17. The Morgan fingerprint density at radius 2 is 2.12 bits per heavy atom. The number of alkyl halides is 2. The van der Waals surface area contributed by atoms with E-state index >= 15 is 0 Å². The number of halogens is 2. The number of hydrogen-bond acceptors (Lipinski definition) is 3. The van der Waals surface area contributed by atoms with Gasteiger partial charge < -0.3 is 15.4 Å². The van der Waals surface area contributed by atoms with Crippen molar-refractivity contribution in [3.63, 3.8) is 0 Å². The van der Waals surface area contributed by atoms with E-state index in [0.29, 0.717) is 5.92 Å². The Morgan fingerprint density at radius 3 is 2.88 bits per heavy atom. The first-order chi connectivity index (χ1) is 12.7. The van der Waals surface area contributed by atoms with Crippen molar-refractivity contribution in [3.05, 3.63) is 59.8 Å². The number of pyridine rings is 1. The molecule has 2 aromatic rings. The highest BCUT2D eigenvalue weighted by atomic mass is 19.2. The second kappa shape index (κ2) is 8.60. The number of nitrogens with zero attached hydrogens (tertiary/aromatic N) is 1. The number of carbonyl (C=O) groups is 1. The fourth-order valence-corrected chi connectivity index (χ4v) is 2.68. The van der Waals surface area contributed by atoms with Crippen LogP contribution in [0.4, 0.5) is 13.6 Å². The Labute approximate surface area is 150 Å². The molecule has 1 aliphatic rings. The van der Waals surface area contributed by atoms with Gasteiger partial charge in [0.2, 0.25) is 5.88 Å². The van der Waals surface area contributed by atoms with Crippen LogP contribution in [0.2, 0.25) is 0 Å². The number of benzene rings is 1. The molecule has 138 valence electrons. The Balaban J connectivity index is 1.42. The molecule has 0 spiro atoms. The van der Waals surface area contributed by atoms with Crippen LogP contribution in [0.3, 0.4) is 0 Å². The van der Waals surface area contributed by atoms with Gasteiger partial charge in [-0.05, 0) is 23.6 Å². The van der Waals surface area contributed by atoms with E-state index in [1.807, 2.05) is 18.2 Å². The van der Waals surface area contributed by atoms with Gasteiger partial charge in [0.25, 0.3) is 0 Å². The number of hydrogen-bond donors (Lipinski definition) is 2. The van der Waals surface area contributed by atoms with Gasteiger partial charge in [-0.25, -0.2) is 18.6 Å². The third-order valence-corrected chi connectivity index (χ3v) is 4.17. The van der Waals surface area contributed by atoms with Gasteiger partial charge in [0.15, 0.2) is 6.17 Å². The van der Waals surface area contributed by atoms with Gasteiger partial charge in [-0.3, -0.25) is 0 Å². The molecule has 7 heteroatoms. The summed E-state index contributed by atoms with van der Waals surface area (Å²) in [4.78, 5) is 16.0. The second-order valence-corrected chi connectivity index (χ2v) is 6.25. The van der Waals surface area contributed by atoms with Crippen LogP contribution in [0.1, 0.15) is 23.5 Å². The lowest BCUT2D eigenvalue weighted by Crippen LogP contribution is -2.36. The average molecular weight is 361 g/mol. The van der Waals surface area contributed by atoms with Gasteiger partial charge in [0, 0.05) is 30.8 Å². The zero-order chi connectivity index (χ0) is 18.4. The predicted octanol–water partition coefficient (Wildman–Crippen LogP) is 3.12. The summed E-state index contributed by atoms with van der Waals surface area (Å²) >= 11 is 0. The lowest BCUT2D eigenvalue weighted by atomic mass is 10.1. The summed E-state index contributed by atoms with van der Waals surface area (Å²) in [6.45, 7) is -1.19. The van der Waals surface area contributed by atoms with Crippen molar-refractivity contribution in [2.45, 2.75) is 31.1 Å². The highest BCUT2D eigenvalue weighted by Gasteiger charge is 2.39. The van der Waals surface area contributed by atoms with Crippen LogP contribution in [0.15, 0.2) is 48.7 Å². The van der Waals surface area contributed by atoms with Crippen LogP contribution < -0.4 is 15.4 Å². The van der Waals surface area contributed by atoms with Crippen LogP contribution in [-0.2, 0) is 6.54 Å². The molecular formula is C19H21F2N3O2. The first kappa shape index (κ1) is 18.1. The van der Waals surface area contributed by atoms with Gasteiger partial charge in [-0.2, -0.15) is 0 Å². The molecule has 1 fully saturated rings. The van der Waals surface area contributed by atoms with E-state index in [0.717, 1.165) is 12.0 Å². The molecule has 1 aromatic heterocycles. The Morgan fingerprint density at radius 1 is 1.31 bits per heavy atom. The van der Waals surface area contributed by atoms with E-state index in [1.54, 1.807) is 12.1 Å². The van der Waals surface area contributed by atoms with Crippen LogP contribution in [-0.4, -0.2) is 36.5 Å². The third kappa shape index (κ3) is 5.15. The Kier molecular flexibility index (Phi) is 5.99. The lowest BCUT2D eigenvalue weighted by molar-refractivity contribution is 0.162. The first-order valence-electron chi connectivity index (χ1n) is 8.53. The minimum absolute atomic E-state index is 0.149. The molecule has 1 aromatic carbocycles. The molecule has 0 aliphatic heterocycles. The van der Waals surface area contributed by atoms with Gasteiger partial charge in [0.1, 0.15) is 13.3 Å². The van der Waals surface area contributed by atoms with Gasteiger partial charge in [-0.15, -0.1) is 0 Å². The predicted molar refractivity (Wildman–Crippen MR) is 93.6 cm³/mol. The minimum atomic E-state index is -1.67. The van der Waals surface area contributed by atoms with Gasteiger partial charge in [0.05, 0.1) is 0 Å². The monoisotopic (exact) mass is 361 g/mol.